The lowest BCUT2D eigenvalue weighted by Gasteiger charge is -2.32. The van der Waals surface area contributed by atoms with Gasteiger partial charge in [-0.15, -0.1) is 11.3 Å². The number of halogens is 2. The van der Waals surface area contributed by atoms with Gasteiger partial charge in [0.15, 0.2) is 5.13 Å². The van der Waals surface area contributed by atoms with E-state index in [-0.39, 0.29) is 36.3 Å². The number of amides is 3. The molecule has 1 unspecified atom stereocenters. The van der Waals surface area contributed by atoms with Gasteiger partial charge in [0.05, 0.1) is 11.5 Å². The van der Waals surface area contributed by atoms with E-state index < -0.39 is 17.5 Å². The molecule has 3 rings (SSSR count). The number of anilines is 1. The van der Waals surface area contributed by atoms with E-state index in [1.807, 2.05) is 0 Å². The number of rotatable bonds is 6. The fourth-order valence-corrected chi connectivity index (χ4v) is 3.65. The Morgan fingerprint density at radius 2 is 2.10 bits per heavy atom. The number of likely N-dealkylation sites (tertiary alicyclic amines) is 1. The predicted octanol–water partition coefficient (Wildman–Crippen LogP) is 2.42. The average molecular weight is 422 g/mol. The lowest BCUT2D eigenvalue weighted by Crippen LogP contribution is -2.44. The van der Waals surface area contributed by atoms with E-state index in [2.05, 4.69) is 15.6 Å². The SMILES string of the molecule is O=C(NCCC(=O)N1CCCC(C(=O)Nc2nccs2)C1)c1ccc(F)cc1F. The van der Waals surface area contributed by atoms with E-state index in [1.54, 1.807) is 16.5 Å². The van der Waals surface area contributed by atoms with Crippen LogP contribution < -0.4 is 10.6 Å². The molecule has 0 aliphatic carbocycles. The molecule has 0 spiro atoms. The maximum Gasteiger partial charge on any atom is 0.254 e. The van der Waals surface area contributed by atoms with Crippen molar-refractivity contribution < 1.29 is 23.2 Å². The molecular weight excluding hydrogens is 402 g/mol. The molecule has 2 heterocycles. The second-order valence-electron chi connectivity index (χ2n) is 6.64. The summed E-state index contributed by atoms with van der Waals surface area (Å²) < 4.78 is 26.5. The highest BCUT2D eigenvalue weighted by Gasteiger charge is 2.28. The third kappa shape index (κ3) is 5.57. The van der Waals surface area contributed by atoms with Gasteiger partial charge < -0.3 is 15.5 Å². The maximum atomic E-state index is 13.6. The van der Waals surface area contributed by atoms with E-state index in [1.165, 1.54) is 11.3 Å². The number of nitrogens with zero attached hydrogens (tertiary/aromatic N) is 2. The normalized spacial score (nSPS) is 16.3. The Labute approximate surface area is 170 Å². The second kappa shape index (κ2) is 9.55. The van der Waals surface area contributed by atoms with Gasteiger partial charge in [-0.2, -0.15) is 0 Å². The molecule has 1 aliphatic rings. The monoisotopic (exact) mass is 422 g/mol. The maximum absolute atomic E-state index is 13.6. The molecule has 0 radical (unpaired) electrons. The molecule has 29 heavy (non-hydrogen) atoms. The third-order valence-corrected chi connectivity index (χ3v) is 5.30. The van der Waals surface area contributed by atoms with Crippen LogP contribution in [0.2, 0.25) is 0 Å². The van der Waals surface area contributed by atoms with Crippen molar-refractivity contribution in [2.45, 2.75) is 19.3 Å². The van der Waals surface area contributed by atoms with Gasteiger partial charge in [-0.25, -0.2) is 13.8 Å². The van der Waals surface area contributed by atoms with Crippen LogP contribution in [0.5, 0.6) is 0 Å². The first kappa shape index (κ1) is 20.8. The number of thiazole rings is 1. The minimum Gasteiger partial charge on any atom is -0.351 e. The Kier molecular flexibility index (Phi) is 6.86. The summed E-state index contributed by atoms with van der Waals surface area (Å²) in [6.07, 6.45) is 3.01. The summed E-state index contributed by atoms with van der Waals surface area (Å²) >= 11 is 1.32. The molecule has 7 nitrogen and oxygen atoms in total. The Bertz CT molecular complexity index is 892. The Morgan fingerprint density at radius 3 is 2.83 bits per heavy atom. The fourth-order valence-electron chi connectivity index (χ4n) is 3.12. The molecule has 0 bridgehead atoms. The van der Waals surface area contributed by atoms with Crippen molar-refractivity contribution in [1.82, 2.24) is 15.2 Å². The number of piperidine rings is 1. The average Bonchev–Trinajstić information content (AvgIpc) is 3.21. The summed E-state index contributed by atoms with van der Waals surface area (Å²) in [6, 6.07) is 2.68. The van der Waals surface area contributed by atoms with Gasteiger partial charge in [0.2, 0.25) is 11.8 Å². The largest absolute Gasteiger partial charge is 0.351 e. The number of carbonyl (C=O) groups is 3. The van der Waals surface area contributed by atoms with Crippen LogP contribution in [0.1, 0.15) is 29.6 Å². The highest BCUT2D eigenvalue weighted by atomic mass is 32.1. The highest BCUT2D eigenvalue weighted by molar-refractivity contribution is 7.13. The van der Waals surface area contributed by atoms with Gasteiger partial charge in [-0.1, -0.05) is 0 Å². The highest BCUT2D eigenvalue weighted by Crippen LogP contribution is 2.20. The van der Waals surface area contributed by atoms with E-state index in [9.17, 15) is 23.2 Å². The topological polar surface area (TPSA) is 91.4 Å². The predicted molar refractivity (Wildman–Crippen MR) is 103 cm³/mol. The van der Waals surface area contributed by atoms with Crippen molar-refractivity contribution in [3.8, 4) is 0 Å². The first-order valence-corrected chi connectivity index (χ1v) is 10.0. The van der Waals surface area contributed by atoms with Crippen molar-refractivity contribution >= 4 is 34.2 Å². The van der Waals surface area contributed by atoms with Gasteiger partial charge >= 0.3 is 0 Å². The molecule has 1 saturated heterocycles. The van der Waals surface area contributed by atoms with Gasteiger partial charge in [0, 0.05) is 43.7 Å². The molecule has 10 heteroatoms. The van der Waals surface area contributed by atoms with Crippen LogP contribution in [0.25, 0.3) is 0 Å². The van der Waals surface area contributed by atoms with Crippen LogP contribution in [0.4, 0.5) is 13.9 Å². The number of benzene rings is 1. The van der Waals surface area contributed by atoms with Crippen LogP contribution in [0.15, 0.2) is 29.8 Å². The summed E-state index contributed by atoms with van der Waals surface area (Å²) in [5.41, 5.74) is -0.282. The number of aromatic nitrogens is 1. The van der Waals surface area contributed by atoms with Crippen molar-refractivity contribution in [1.29, 1.82) is 0 Å². The van der Waals surface area contributed by atoms with Crippen molar-refractivity contribution in [3.05, 3.63) is 47.0 Å². The first-order valence-electron chi connectivity index (χ1n) is 9.15. The summed E-state index contributed by atoms with van der Waals surface area (Å²) in [4.78, 5) is 42.4. The Balaban J connectivity index is 1.46. The molecule has 2 N–H and O–H groups in total. The standard InChI is InChI=1S/C19H20F2N4O3S/c20-13-3-4-14(15(21)10-13)18(28)22-6-5-16(26)25-8-1-2-12(11-25)17(27)24-19-23-7-9-29-19/h3-4,7,9-10,12H,1-2,5-6,8,11H2,(H,22,28)(H,23,24,27). The van der Waals surface area contributed by atoms with Gasteiger partial charge in [-0.05, 0) is 25.0 Å². The van der Waals surface area contributed by atoms with Crippen LogP contribution in [0, 0.1) is 17.6 Å². The van der Waals surface area contributed by atoms with E-state index >= 15 is 0 Å². The van der Waals surface area contributed by atoms with Gasteiger partial charge in [0.1, 0.15) is 11.6 Å². The Hall–Kier alpha value is -2.88. The minimum atomic E-state index is -0.959. The minimum absolute atomic E-state index is 0.0148. The molecule has 1 aliphatic heterocycles. The number of hydrogen-bond acceptors (Lipinski definition) is 5. The molecule has 154 valence electrons. The molecule has 3 amide bonds. The number of carbonyl (C=O) groups excluding carboxylic acids is 3. The zero-order valence-corrected chi connectivity index (χ0v) is 16.3. The molecule has 1 aromatic heterocycles. The summed E-state index contributed by atoms with van der Waals surface area (Å²) in [6.45, 7) is 0.859. The van der Waals surface area contributed by atoms with Gasteiger partial charge in [-0.3, -0.25) is 14.4 Å². The van der Waals surface area contributed by atoms with Crippen LogP contribution >= 0.6 is 11.3 Å². The van der Waals surface area contributed by atoms with Gasteiger partial charge in [0.25, 0.3) is 5.91 Å². The van der Waals surface area contributed by atoms with E-state index in [0.29, 0.717) is 37.1 Å². The van der Waals surface area contributed by atoms with Crippen molar-refractivity contribution in [2.75, 3.05) is 25.0 Å². The quantitative estimate of drug-likeness (QED) is 0.748. The number of nitrogens with one attached hydrogen (secondary N) is 2. The molecule has 0 saturated carbocycles. The second-order valence-corrected chi connectivity index (χ2v) is 7.53. The van der Waals surface area contributed by atoms with Crippen LogP contribution in [0.3, 0.4) is 0 Å². The molecule has 1 fully saturated rings. The molecule has 1 aromatic carbocycles. The number of hydrogen-bond donors (Lipinski definition) is 2. The lowest BCUT2D eigenvalue weighted by molar-refractivity contribution is -0.134. The van der Waals surface area contributed by atoms with Crippen molar-refractivity contribution in [3.63, 3.8) is 0 Å². The molecule has 1 atom stereocenters. The first-order chi connectivity index (χ1) is 13.9. The Morgan fingerprint density at radius 1 is 1.28 bits per heavy atom. The summed E-state index contributed by atoms with van der Waals surface area (Å²) in [5.74, 6) is -3.13. The van der Waals surface area contributed by atoms with Crippen molar-refractivity contribution in [2.24, 2.45) is 5.92 Å². The van der Waals surface area contributed by atoms with E-state index in [0.717, 1.165) is 12.1 Å². The lowest BCUT2D eigenvalue weighted by atomic mass is 9.97. The molecule has 2 aromatic rings. The zero-order chi connectivity index (χ0) is 20.8. The zero-order valence-electron chi connectivity index (χ0n) is 15.5. The fraction of sp³-hybridized carbons (Fsp3) is 0.368. The van der Waals surface area contributed by atoms with Crippen LogP contribution in [-0.2, 0) is 9.59 Å². The van der Waals surface area contributed by atoms with Crippen LogP contribution in [-0.4, -0.2) is 47.2 Å². The molecular formula is C19H20F2N4O3S. The smallest absolute Gasteiger partial charge is 0.254 e. The van der Waals surface area contributed by atoms with E-state index in [4.69, 9.17) is 0 Å². The summed E-state index contributed by atoms with van der Waals surface area (Å²) in [7, 11) is 0. The third-order valence-electron chi connectivity index (χ3n) is 4.61. The summed E-state index contributed by atoms with van der Waals surface area (Å²) in [5, 5.41) is 7.49.